The highest BCUT2D eigenvalue weighted by atomic mass is 35.5. The van der Waals surface area contributed by atoms with Crippen LogP contribution in [0.25, 0.3) is 0 Å². The van der Waals surface area contributed by atoms with Gasteiger partial charge in [0, 0.05) is 17.6 Å². The number of hydrogen-bond donors (Lipinski definition) is 1. The molecule has 0 aromatic heterocycles. The second-order valence-corrected chi connectivity index (χ2v) is 10.8. The van der Waals surface area contributed by atoms with Crippen LogP contribution in [-0.4, -0.2) is 50.0 Å². The average Bonchev–Trinajstić information content (AvgIpc) is 2.78. The Bertz CT molecular complexity index is 1090. The molecule has 2 atom stereocenters. The van der Waals surface area contributed by atoms with E-state index in [4.69, 9.17) is 11.6 Å². The van der Waals surface area contributed by atoms with E-state index in [1.807, 2.05) is 20.8 Å². The van der Waals surface area contributed by atoms with Crippen molar-refractivity contribution in [2.24, 2.45) is 0 Å². The van der Waals surface area contributed by atoms with Gasteiger partial charge in [0.25, 0.3) is 0 Å². The number of sulfonamides is 1. The summed E-state index contributed by atoms with van der Waals surface area (Å²) in [7, 11) is -3.76. The van der Waals surface area contributed by atoms with E-state index in [0.717, 1.165) is 28.1 Å². The number of benzene rings is 2. The summed E-state index contributed by atoms with van der Waals surface area (Å²) in [5.41, 5.74) is 1.95. The summed E-state index contributed by atoms with van der Waals surface area (Å²) in [5, 5.41) is 3.51. The fourth-order valence-electron chi connectivity index (χ4n) is 3.59. The van der Waals surface area contributed by atoms with Gasteiger partial charge in [-0.2, -0.15) is 0 Å². The van der Waals surface area contributed by atoms with E-state index < -0.39 is 28.5 Å². The Hall–Kier alpha value is -2.58. The van der Waals surface area contributed by atoms with Gasteiger partial charge in [-0.3, -0.25) is 13.9 Å². The van der Waals surface area contributed by atoms with Crippen molar-refractivity contribution in [1.29, 1.82) is 0 Å². The van der Waals surface area contributed by atoms with Crippen molar-refractivity contribution in [3.05, 3.63) is 64.7 Å². The molecule has 1 N–H and O–H groups in total. The van der Waals surface area contributed by atoms with Crippen LogP contribution in [0.15, 0.2) is 48.5 Å². The van der Waals surface area contributed by atoms with Crippen molar-refractivity contribution in [3.8, 4) is 0 Å². The molecule has 2 rings (SSSR count). The van der Waals surface area contributed by atoms with Crippen molar-refractivity contribution < 1.29 is 18.0 Å². The van der Waals surface area contributed by atoms with Crippen molar-refractivity contribution in [3.63, 3.8) is 0 Å². The number of nitrogens with one attached hydrogen (secondary N) is 1. The maximum Gasteiger partial charge on any atom is 0.244 e. The first-order chi connectivity index (χ1) is 16.0. The molecule has 2 aromatic rings. The van der Waals surface area contributed by atoms with E-state index in [0.29, 0.717) is 17.1 Å². The smallest absolute Gasteiger partial charge is 0.244 e. The second-order valence-electron chi connectivity index (χ2n) is 8.45. The molecule has 2 amide bonds. The van der Waals surface area contributed by atoms with Crippen LogP contribution in [0.1, 0.15) is 44.7 Å². The van der Waals surface area contributed by atoms with E-state index in [2.05, 4.69) is 5.32 Å². The lowest BCUT2D eigenvalue weighted by atomic mass is 10.1. The Kier molecular flexibility index (Phi) is 9.94. The quantitative estimate of drug-likeness (QED) is 0.495. The molecule has 0 saturated carbocycles. The topological polar surface area (TPSA) is 86.8 Å². The third-order valence-electron chi connectivity index (χ3n) is 5.72. The van der Waals surface area contributed by atoms with E-state index in [-0.39, 0.29) is 18.5 Å². The standard InChI is InChI=1S/C25H34ClN3O4S/c1-6-19(4)27-25(31)22(7-2)28(16-20-12-14-21(26)15-13-20)24(30)17-29(34(5,32)33)23-11-9-8-10-18(23)3/h8-15,19,22H,6-7,16-17H2,1-5H3,(H,27,31)/t19-,22-/m0/s1. The maximum absolute atomic E-state index is 13.6. The van der Waals surface area contributed by atoms with Gasteiger partial charge in [-0.25, -0.2) is 8.42 Å². The number of anilines is 1. The van der Waals surface area contributed by atoms with Gasteiger partial charge in [-0.15, -0.1) is 0 Å². The summed E-state index contributed by atoms with van der Waals surface area (Å²) >= 11 is 6.01. The predicted octanol–water partition coefficient (Wildman–Crippen LogP) is 4.14. The average molecular weight is 508 g/mol. The Balaban J connectivity index is 2.44. The SMILES string of the molecule is CC[C@H](C)NC(=O)[C@H](CC)N(Cc1ccc(Cl)cc1)C(=O)CN(c1ccccc1C)S(C)(=O)=O. The highest BCUT2D eigenvalue weighted by molar-refractivity contribution is 7.92. The molecule has 186 valence electrons. The maximum atomic E-state index is 13.6. The lowest BCUT2D eigenvalue weighted by Crippen LogP contribution is -2.53. The van der Waals surface area contributed by atoms with Gasteiger partial charge >= 0.3 is 0 Å². The molecule has 0 aliphatic rings. The normalized spacial score (nSPS) is 13.1. The summed E-state index contributed by atoms with van der Waals surface area (Å²) < 4.78 is 26.4. The first-order valence-electron chi connectivity index (χ1n) is 11.4. The molecule has 0 heterocycles. The monoisotopic (exact) mass is 507 g/mol. The third-order valence-corrected chi connectivity index (χ3v) is 7.09. The van der Waals surface area contributed by atoms with Gasteiger partial charge in [0.2, 0.25) is 21.8 Å². The molecular weight excluding hydrogens is 474 g/mol. The highest BCUT2D eigenvalue weighted by Gasteiger charge is 2.32. The molecule has 7 nitrogen and oxygen atoms in total. The third kappa shape index (κ3) is 7.46. The summed E-state index contributed by atoms with van der Waals surface area (Å²) in [6.45, 7) is 7.23. The number of rotatable bonds is 11. The number of halogens is 1. The molecule has 34 heavy (non-hydrogen) atoms. The van der Waals surface area contributed by atoms with Crippen LogP contribution in [0, 0.1) is 6.92 Å². The molecule has 9 heteroatoms. The summed E-state index contributed by atoms with van der Waals surface area (Å²) in [6.07, 6.45) is 2.20. The van der Waals surface area contributed by atoms with Crippen LogP contribution in [0.3, 0.4) is 0 Å². The number of nitrogens with zero attached hydrogens (tertiary/aromatic N) is 2. The molecule has 0 aliphatic carbocycles. The number of carbonyl (C=O) groups excluding carboxylic acids is 2. The largest absolute Gasteiger partial charge is 0.352 e. The van der Waals surface area contributed by atoms with Crippen LogP contribution < -0.4 is 9.62 Å². The first kappa shape index (κ1) is 27.7. The summed E-state index contributed by atoms with van der Waals surface area (Å²) in [5.74, 6) is -0.726. The van der Waals surface area contributed by atoms with Crippen molar-refractivity contribution in [2.45, 2.75) is 59.2 Å². The predicted molar refractivity (Wildman–Crippen MR) is 137 cm³/mol. The molecule has 0 aliphatic heterocycles. The first-order valence-corrected chi connectivity index (χ1v) is 13.6. The number of carbonyl (C=O) groups is 2. The fourth-order valence-corrected chi connectivity index (χ4v) is 4.62. The molecule has 0 unspecified atom stereocenters. The van der Waals surface area contributed by atoms with Gasteiger partial charge in [-0.1, -0.05) is 55.8 Å². The van der Waals surface area contributed by atoms with Crippen LogP contribution in [-0.2, 0) is 26.2 Å². The number of hydrogen-bond acceptors (Lipinski definition) is 4. The zero-order valence-electron chi connectivity index (χ0n) is 20.4. The van der Waals surface area contributed by atoms with Crippen LogP contribution in [0.2, 0.25) is 5.02 Å². The van der Waals surface area contributed by atoms with E-state index >= 15 is 0 Å². The Labute approximate surface area is 208 Å². The van der Waals surface area contributed by atoms with E-state index in [9.17, 15) is 18.0 Å². The molecule has 0 bridgehead atoms. The van der Waals surface area contributed by atoms with Crippen molar-refractivity contribution in [1.82, 2.24) is 10.2 Å². The number of amides is 2. The van der Waals surface area contributed by atoms with Crippen LogP contribution >= 0.6 is 11.6 Å². The Morgan fingerprint density at radius 2 is 1.65 bits per heavy atom. The molecular formula is C25H34ClN3O4S. The van der Waals surface area contributed by atoms with Crippen LogP contribution in [0.4, 0.5) is 5.69 Å². The number of aryl methyl sites for hydroxylation is 1. The fraction of sp³-hybridized carbons (Fsp3) is 0.440. The molecule has 2 aromatic carbocycles. The van der Waals surface area contributed by atoms with Gasteiger partial charge in [0.1, 0.15) is 12.6 Å². The minimum absolute atomic E-state index is 0.0477. The van der Waals surface area contributed by atoms with Crippen molar-refractivity contribution >= 4 is 39.1 Å². The van der Waals surface area contributed by atoms with E-state index in [1.54, 1.807) is 55.5 Å². The molecule has 0 radical (unpaired) electrons. The minimum Gasteiger partial charge on any atom is -0.352 e. The van der Waals surface area contributed by atoms with Gasteiger partial charge in [-0.05, 0) is 56.0 Å². The van der Waals surface area contributed by atoms with Crippen molar-refractivity contribution in [2.75, 3.05) is 17.1 Å². The second kappa shape index (κ2) is 12.2. The van der Waals surface area contributed by atoms with Crippen LogP contribution in [0.5, 0.6) is 0 Å². The zero-order chi connectivity index (χ0) is 25.5. The van der Waals surface area contributed by atoms with Gasteiger partial charge in [0.05, 0.1) is 11.9 Å². The molecule has 0 saturated heterocycles. The highest BCUT2D eigenvalue weighted by Crippen LogP contribution is 2.23. The van der Waals surface area contributed by atoms with Gasteiger partial charge in [0.15, 0.2) is 0 Å². The number of para-hydroxylation sites is 1. The summed E-state index contributed by atoms with van der Waals surface area (Å²) in [6, 6.07) is 13.2. The summed E-state index contributed by atoms with van der Waals surface area (Å²) in [4.78, 5) is 28.2. The lowest BCUT2D eigenvalue weighted by molar-refractivity contribution is -0.140. The zero-order valence-corrected chi connectivity index (χ0v) is 22.0. The molecule has 0 spiro atoms. The lowest BCUT2D eigenvalue weighted by Gasteiger charge is -2.33. The van der Waals surface area contributed by atoms with Gasteiger partial charge < -0.3 is 10.2 Å². The Morgan fingerprint density at radius 3 is 2.18 bits per heavy atom. The van der Waals surface area contributed by atoms with E-state index in [1.165, 1.54) is 4.90 Å². The minimum atomic E-state index is -3.76. The Morgan fingerprint density at radius 1 is 1.03 bits per heavy atom. The molecule has 0 fully saturated rings.